The number of benzene rings is 1. The molecule has 0 saturated carbocycles. The molecule has 0 saturated heterocycles. The molecule has 0 bridgehead atoms. The first-order valence-electron chi connectivity index (χ1n) is 14.7. The zero-order chi connectivity index (χ0) is 31.8. The van der Waals surface area contributed by atoms with E-state index in [2.05, 4.69) is 4.99 Å². The quantitative estimate of drug-likeness (QED) is 0.103. The molecule has 0 amide bonds. The van der Waals surface area contributed by atoms with E-state index >= 15 is 0 Å². The van der Waals surface area contributed by atoms with Gasteiger partial charge in [0.1, 0.15) is 72.5 Å². The molecule has 13 heteroatoms. The molecule has 44 heavy (non-hydrogen) atoms. The molecule has 4 heterocycles. The van der Waals surface area contributed by atoms with Gasteiger partial charge in [-0.15, -0.1) is 0 Å². The molecule has 0 radical (unpaired) electrons. The fourth-order valence-electron chi connectivity index (χ4n) is 6.03. The van der Waals surface area contributed by atoms with Crippen molar-refractivity contribution in [2.45, 2.75) is 75.7 Å². The molecule has 3 aliphatic heterocycles. The van der Waals surface area contributed by atoms with Crippen molar-refractivity contribution in [3.63, 3.8) is 0 Å². The van der Waals surface area contributed by atoms with Gasteiger partial charge in [0, 0.05) is 43.0 Å². The fourth-order valence-corrected chi connectivity index (χ4v) is 6.03. The zero-order valence-corrected chi connectivity index (χ0v) is 25.0. The Balaban J connectivity index is 1.34. The van der Waals surface area contributed by atoms with E-state index in [1.54, 1.807) is 39.1 Å². The highest BCUT2D eigenvalue weighted by Gasteiger charge is 2.51. The van der Waals surface area contributed by atoms with E-state index in [1.165, 1.54) is 6.07 Å². The Kier molecular flexibility index (Phi) is 9.42. The lowest BCUT2D eigenvalue weighted by molar-refractivity contribution is -0.856. The number of ether oxygens (including phenoxy) is 1. The summed E-state index contributed by atoms with van der Waals surface area (Å²) in [5.41, 5.74) is -0.176. The van der Waals surface area contributed by atoms with E-state index in [4.69, 9.17) is 18.9 Å². The van der Waals surface area contributed by atoms with Crippen molar-refractivity contribution in [1.29, 1.82) is 0 Å². The van der Waals surface area contributed by atoms with Gasteiger partial charge < -0.3 is 39.8 Å². The predicted octanol–water partition coefficient (Wildman–Crippen LogP) is -1.39. The number of hydrogen-bond donors (Lipinski definition) is 7. The summed E-state index contributed by atoms with van der Waals surface area (Å²) in [4.78, 5) is 29.0. The average molecular weight is 618 g/mol. The lowest BCUT2D eigenvalue weighted by Gasteiger charge is -2.41. The minimum Gasteiger partial charge on any atom is -0.484 e. The average Bonchev–Trinajstić information content (AvgIpc) is 3.60. The largest absolute Gasteiger partial charge is 0.484 e. The van der Waals surface area contributed by atoms with Gasteiger partial charge in [0.15, 0.2) is 16.7 Å². The molecule has 2 aromatic rings. The number of aryl methyl sites for hydroxylation is 2. The molecule has 0 aliphatic carbocycles. The number of allylic oxidation sites excluding steroid dienone is 1. The van der Waals surface area contributed by atoms with Gasteiger partial charge in [0.25, 0.3) is 0 Å². The Hall–Kier alpha value is -2.98. The standard InChI is InChI=1S/C31H40N2O11/c1-17-11-23(36)20-12-18-13-26(30(2,3)43-27(18)19(5-4-10-34)28(20)42-17)44-41-15-25(38)31(40,29(39)24(37)14-35)16-33-9-7-21-22(33)6-8-32-21/h6-8,11-12,24-26,29,34-35,37-40H,4-5,9-10,13-16H2,1-3H3/p+1/t24-,25+,26-,29-,31-/m1/s1. The maximum absolute atomic E-state index is 12.8. The summed E-state index contributed by atoms with van der Waals surface area (Å²) in [7, 11) is 0. The highest BCUT2D eigenvalue weighted by molar-refractivity contribution is 5.84. The van der Waals surface area contributed by atoms with Gasteiger partial charge in [-0.3, -0.25) is 14.7 Å². The van der Waals surface area contributed by atoms with Crippen molar-refractivity contribution in [2.75, 3.05) is 32.9 Å². The third-order valence-electron chi connectivity index (χ3n) is 8.60. The normalized spacial score (nSPS) is 23.8. The fraction of sp³-hybridized carbons (Fsp3) is 0.548. The van der Waals surface area contributed by atoms with Gasteiger partial charge in [-0.05, 0) is 45.2 Å². The Morgan fingerprint density at radius 3 is 2.73 bits per heavy atom. The Bertz CT molecular complexity index is 1530. The molecule has 6 atom stereocenters. The molecule has 5 rings (SSSR count). The van der Waals surface area contributed by atoms with Crippen molar-refractivity contribution in [1.82, 2.24) is 0 Å². The lowest BCUT2D eigenvalue weighted by Crippen LogP contribution is -3.11. The number of fused-ring (bicyclic) bond motifs is 3. The summed E-state index contributed by atoms with van der Waals surface area (Å²) in [6.07, 6.45) is 0.279. The van der Waals surface area contributed by atoms with Crippen LogP contribution in [0.25, 0.3) is 11.0 Å². The first kappa shape index (κ1) is 32.4. The molecular weight excluding hydrogens is 576 g/mol. The minimum atomic E-state index is -2.30. The van der Waals surface area contributed by atoms with Crippen LogP contribution < -0.4 is 15.1 Å². The van der Waals surface area contributed by atoms with Crippen molar-refractivity contribution in [2.24, 2.45) is 4.99 Å². The molecule has 3 aliphatic rings. The molecule has 240 valence electrons. The van der Waals surface area contributed by atoms with Crippen molar-refractivity contribution in [3.05, 3.63) is 62.8 Å². The second-order valence-corrected chi connectivity index (χ2v) is 12.2. The second-order valence-electron chi connectivity index (χ2n) is 12.2. The van der Waals surface area contributed by atoms with Gasteiger partial charge >= 0.3 is 0 Å². The van der Waals surface area contributed by atoms with Crippen LogP contribution in [0.3, 0.4) is 0 Å². The van der Waals surface area contributed by atoms with Crippen LogP contribution in [0.2, 0.25) is 0 Å². The Morgan fingerprint density at radius 1 is 1.23 bits per heavy atom. The van der Waals surface area contributed by atoms with Crippen LogP contribution in [-0.4, -0.2) is 105 Å². The number of hydrogen-bond acceptors (Lipinski definition) is 12. The number of quaternary nitrogens is 1. The van der Waals surface area contributed by atoms with Crippen LogP contribution >= 0.6 is 0 Å². The van der Waals surface area contributed by atoms with E-state index in [-0.39, 0.29) is 25.0 Å². The number of aliphatic hydroxyl groups excluding tert-OH is 5. The number of nitrogens with one attached hydrogen (secondary N) is 1. The summed E-state index contributed by atoms with van der Waals surface area (Å²) in [5.74, 6) is 1.01. The predicted molar refractivity (Wildman–Crippen MR) is 157 cm³/mol. The summed E-state index contributed by atoms with van der Waals surface area (Å²) in [6.45, 7) is 4.03. The van der Waals surface area contributed by atoms with Gasteiger partial charge in [-0.25, -0.2) is 9.78 Å². The summed E-state index contributed by atoms with van der Waals surface area (Å²) < 4.78 is 12.3. The molecule has 0 spiro atoms. The summed E-state index contributed by atoms with van der Waals surface area (Å²) in [5, 5.41) is 63.0. The molecule has 7 N–H and O–H groups in total. The van der Waals surface area contributed by atoms with E-state index in [0.29, 0.717) is 57.9 Å². The molecule has 1 unspecified atom stereocenters. The van der Waals surface area contributed by atoms with E-state index < -0.39 is 48.8 Å². The summed E-state index contributed by atoms with van der Waals surface area (Å²) >= 11 is 0. The molecular formula is C31H41N2O11+. The second kappa shape index (κ2) is 12.8. The minimum absolute atomic E-state index is 0.0504. The Morgan fingerprint density at radius 2 is 2.00 bits per heavy atom. The monoisotopic (exact) mass is 617 g/mol. The third kappa shape index (κ3) is 6.12. The first-order valence-corrected chi connectivity index (χ1v) is 14.7. The topological polar surface area (TPSA) is 196 Å². The SMILES string of the molecule is Cc1cc(=O)c2cc3c(c(CCCO)c2o1)OC(C)(C)[C@H](OOC[C@H](O)[C@](O)(C[NH+]1CC=C2N=CC=C21)[C@H](O)[C@H](O)CO)C3. The maximum atomic E-state index is 12.8. The van der Waals surface area contributed by atoms with Crippen LogP contribution in [0.5, 0.6) is 5.75 Å². The van der Waals surface area contributed by atoms with Gasteiger partial charge in [-0.1, -0.05) is 0 Å². The summed E-state index contributed by atoms with van der Waals surface area (Å²) in [6, 6.07) is 3.11. The smallest absolute Gasteiger partial charge is 0.192 e. The number of rotatable bonds is 13. The van der Waals surface area contributed by atoms with Crippen LogP contribution in [0.1, 0.15) is 37.2 Å². The van der Waals surface area contributed by atoms with Gasteiger partial charge in [-0.2, -0.15) is 0 Å². The Labute approximate surface area is 253 Å². The lowest BCUT2D eigenvalue weighted by atomic mass is 9.86. The molecule has 0 fully saturated rings. The van der Waals surface area contributed by atoms with Crippen molar-refractivity contribution >= 4 is 17.2 Å². The highest BCUT2D eigenvalue weighted by Crippen LogP contribution is 2.41. The molecule has 1 aromatic heterocycles. The molecule has 13 nitrogen and oxygen atoms in total. The zero-order valence-electron chi connectivity index (χ0n) is 25.0. The maximum Gasteiger partial charge on any atom is 0.192 e. The van der Waals surface area contributed by atoms with Crippen molar-refractivity contribution < 1.29 is 54.5 Å². The van der Waals surface area contributed by atoms with E-state index in [9.17, 15) is 35.4 Å². The van der Waals surface area contributed by atoms with Crippen LogP contribution in [0.4, 0.5) is 0 Å². The van der Waals surface area contributed by atoms with Crippen molar-refractivity contribution in [3.8, 4) is 5.75 Å². The van der Waals surface area contributed by atoms with Gasteiger partial charge in [0.2, 0.25) is 0 Å². The highest BCUT2D eigenvalue weighted by atomic mass is 17.2. The molecule has 1 aromatic carbocycles. The van der Waals surface area contributed by atoms with Gasteiger partial charge in [0.05, 0.1) is 12.0 Å². The van der Waals surface area contributed by atoms with E-state index in [0.717, 1.165) is 11.4 Å². The van der Waals surface area contributed by atoms with Crippen LogP contribution in [-0.2, 0) is 22.6 Å². The van der Waals surface area contributed by atoms with E-state index in [1.807, 2.05) is 6.08 Å². The van der Waals surface area contributed by atoms with Crippen LogP contribution in [0, 0.1) is 6.92 Å². The number of aliphatic imine (C=N–C) groups is 1. The first-order chi connectivity index (χ1) is 20.9. The third-order valence-corrected chi connectivity index (χ3v) is 8.60. The number of nitrogens with zero attached hydrogens (tertiary/aromatic N) is 1. The van der Waals surface area contributed by atoms with Crippen LogP contribution in [0.15, 0.2) is 49.9 Å². The number of aliphatic hydroxyl groups is 6.